The van der Waals surface area contributed by atoms with Gasteiger partial charge in [0.25, 0.3) is 5.91 Å². The smallest absolute Gasteiger partial charge is 0.262 e. The predicted octanol–water partition coefficient (Wildman–Crippen LogP) is 4.09. The molecule has 0 aliphatic carbocycles. The summed E-state index contributed by atoms with van der Waals surface area (Å²) in [6, 6.07) is 17.5. The van der Waals surface area contributed by atoms with E-state index >= 15 is 0 Å². The number of methoxy groups -OCH3 is 1. The second-order valence-electron chi connectivity index (χ2n) is 6.67. The molecular formula is C24H22FN3O4. The number of nitrogens with one attached hydrogen (secondary N) is 2. The van der Waals surface area contributed by atoms with Crippen LogP contribution in [0.5, 0.6) is 11.5 Å². The molecular weight excluding hydrogens is 413 g/mol. The zero-order valence-corrected chi connectivity index (χ0v) is 17.3. The molecule has 4 N–H and O–H groups in total. The van der Waals surface area contributed by atoms with Crippen molar-refractivity contribution in [2.75, 3.05) is 30.1 Å². The molecule has 2 amide bonds. The molecule has 0 unspecified atom stereocenters. The van der Waals surface area contributed by atoms with E-state index in [9.17, 15) is 14.0 Å². The molecule has 8 heteroatoms. The molecule has 0 bridgehead atoms. The molecule has 32 heavy (non-hydrogen) atoms. The minimum atomic E-state index is -0.460. The number of carbonyl (C=O) groups is 2. The van der Waals surface area contributed by atoms with Gasteiger partial charge in [-0.2, -0.15) is 0 Å². The van der Waals surface area contributed by atoms with E-state index in [1.54, 1.807) is 54.6 Å². The van der Waals surface area contributed by atoms with Gasteiger partial charge < -0.3 is 25.8 Å². The predicted molar refractivity (Wildman–Crippen MR) is 122 cm³/mol. The number of anilines is 3. The summed E-state index contributed by atoms with van der Waals surface area (Å²) >= 11 is 0. The minimum Gasteiger partial charge on any atom is -0.493 e. The van der Waals surface area contributed by atoms with Crippen molar-refractivity contribution >= 4 is 35.0 Å². The number of carbonyl (C=O) groups excluding carboxylic acids is 2. The van der Waals surface area contributed by atoms with Crippen molar-refractivity contribution in [2.24, 2.45) is 0 Å². The Hall–Kier alpha value is -4.33. The van der Waals surface area contributed by atoms with Gasteiger partial charge in [0.15, 0.2) is 18.1 Å². The average molecular weight is 435 g/mol. The Morgan fingerprint density at radius 3 is 2.56 bits per heavy atom. The molecule has 0 saturated carbocycles. The van der Waals surface area contributed by atoms with Gasteiger partial charge in [-0.25, -0.2) is 4.39 Å². The number of halogens is 1. The van der Waals surface area contributed by atoms with Gasteiger partial charge in [-0.3, -0.25) is 9.59 Å². The molecule has 0 fully saturated rings. The van der Waals surface area contributed by atoms with E-state index in [-0.39, 0.29) is 12.5 Å². The summed E-state index contributed by atoms with van der Waals surface area (Å²) in [5.41, 5.74) is 7.79. The number of hydrogen-bond donors (Lipinski definition) is 3. The first-order valence-corrected chi connectivity index (χ1v) is 9.64. The molecule has 164 valence electrons. The highest BCUT2D eigenvalue weighted by molar-refractivity contribution is 6.03. The fourth-order valence-electron chi connectivity index (χ4n) is 2.77. The third kappa shape index (κ3) is 6.33. The number of rotatable bonds is 8. The van der Waals surface area contributed by atoms with Crippen LogP contribution in [0.3, 0.4) is 0 Å². The Kier molecular flexibility index (Phi) is 7.42. The van der Waals surface area contributed by atoms with Crippen molar-refractivity contribution < 1.29 is 23.5 Å². The highest BCUT2D eigenvalue weighted by Gasteiger charge is 2.09. The van der Waals surface area contributed by atoms with Crippen molar-refractivity contribution in [3.63, 3.8) is 0 Å². The lowest BCUT2D eigenvalue weighted by molar-refractivity contribution is -0.118. The SMILES string of the molecule is COc1ccc(/C=C/C(=O)Nc2ccccc2N)cc1OCC(=O)Nc1cccc(F)c1. The van der Waals surface area contributed by atoms with Crippen LogP contribution in [0.25, 0.3) is 6.08 Å². The van der Waals surface area contributed by atoms with Crippen molar-refractivity contribution in [1.29, 1.82) is 0 Å². The fraction of sp³-hybridized carbons (Fsp3) is 0.0833. The summed E-state index contributed by atoms with van der Waals surface area (Å²) in [5.74, 6) is -0.531. The summed E-state index contributed by atoms with van der Waals surface area (Å²) in [6.45, 7) is -0.312. The Labute approximate surface area is 184 Å². The lowest BCUT2D eigenvalue weighted by Crippen LogP contribution is -2.20. The van der Waals surface area contributed by atoms with E-state index in [2.05, 4.69) is 10.6 Å². The molecule has 0 saturated heterocycles. The number of amides is 2. The molecule has 0 spiro atoms. The van der Waals surface area contributed by atoms with Crippen LogP contribution in [-0.4, -0.2) is 25.5 Å². The van der Waals surface area contributed by atoms with E-state index in [0.29, 0.717) is 34.1 Å². The van der Waals surface area contributed by atoms with E-state index in [4.69, 9.17) is 15.2 Å². The molecule has 0 aromatic heterocycles. The first-order valence-electron chi connectivity index (χ1n) is 9.64. The Morgan fingerprint density at radius 1 is 1.00 bits per heavy atom. The van der Waals surface area contributed by atoms with E-state index in [0.717, 1.165) is 0 Å². The normalized spacial score (nSPS) is 10.6. The van der Waals surface area contributed by atoms with Crippen molar-refractivity contribution in [2.45, 2.75) is 0 Å². The van der Waals surface area contributed by atoms with Crippen LogP contribution in [0, 0.1) is 5.82 Å². The molecule has 3 rings (SSSR count). The van der Waals surface area contributed by atoms with Crippen LogP contribution < -0.4 is 25.8 Å². The third-order valence-electron chi connectivity index (χ3n) is 4.30. The van der Waals surface area contributed by atoms with Gasteiger partial charge in [0.2, 0.25) is 5.91 Å². The quantitative estimate of drug-likeness (QED) is 0.365. The fourth-order valence-corrected chi connectivity index (χ4v) is 2.77. The van der Waals surface area contributed by atoms with E-state index in [1.807, 2.05) is 0 Å². The molecule has 0 heterocycles. The Balaban J connectivity index is 1.63. The Bertz CT molecular complexity index is 1150. The van der Waals surface area contributed by atoms with Crippen LogP contribution in [-0.2, 0) is 9.59 Å². The standard InChI is InChI=1S/C24H22FN3O4/c1-31-21-11-9-16(10-12-23(29)28-20-8-3-2-7-19(20)26)13-22(21)32-15-24(30)27-18-6-4-5-17(25)14-18/h2-14H,15,26H2,1H3,(H,27,30)(H,28,29)/b12-10+. The molecule has 3 aromatic rings. The number of benzene rings is 3. The van der Waals surface area contributed by atoms with Crippen LogP contribution in [0.4, 0.5) is 21.5 Å². The van der Waals surface area contributed by atoms with Gasteiger partial charge in [0.05, 0.1) is 18.5 Å². The van der Waals surface area contributed by atoms with Crippen LogP contribution in [0.2, 0.25) is 0 Å². The van der Waals surface area contributed by atoms with Gasteiger partial charge in [0, 0.05) is 11.8 Å². The molecule has 7 nitrogen and oxygen atoms in total. The number of ether oxygens (including phenoxy) is 2. The monoisotopic (exact) mass is 435 g/mol. The highest BCUT2D eigenvalue weighted by atomic mass is 19.1. The Morgan fingerprint density at radius 2 is 1.81 bits per heavy atom. The van der Waals surface area contributed by atoms with Gasteiger partial charge in [-0.15, -0.1) is 0 Å². The largest absolute Gasteiger partial charge is 0.493 e. The maximum atomic E-state index is 13.2. The number of para-hydroxylation sites is 2. The number of hydrogen-bond acceptors (Lipinski definition) is 5. The molecule has 0 aliphatic heterocycles. The minimum absolute atomic E-state index is 0.312. The summed E-state index contributed by atoms with van der Waals surface area (Å²) < 4.78 is 24.1. The number of nitrogens with two attached hydrogens (primary N) is 1. The van der Waals surface area contributed by atoms with Gasteiger partial charge in [0.1, 0.15) is 5.82 Å². The van der Waals surface area contributed by atoms with Crippen LogP contribution >= 0.6 is 0 Å². The van der Waals surface area contributed by atoms with Gasteiger partial charge in [-0.05, 0) is 54.1 Å². The summed E-state index contributed by atoms with van der Waals surface area (Å²) in [4.78, 5) is 24.3. The van der Waals surface area contributed by atoms with Crippen molar-refractivity contribution in [3.05, 3.63) is 84.2 Å². The molecule has 3 aromatic carbocycles. The van der Waals surface area contributed by atoms with Crippen LogP contribution in [0.1, 0.15) is 5.56 Å². The summed E-state index contributed by atoms with van der Waals surface area (Å²) in [5, 5.41) is 5.25. The molecule has 0 aliphatic rings. The van der Waals surface area contributed by atoms with Gasteiger partial charge >= 0.3 is 0 Å². The maximum absolute atomic E-state index is 13.2. The lowest BCUT2D eigenvalue weighted by atomic mass is 10.2. The highest BCUT2D eigenvalue weighted by Crippen LogP contribution is 2.28. The van der Waals surface area contributed by atoms with E-state index in [1.165, 1.54) is 31.4 Å². The van der Waals surface area contributed by atoms with Crippen molar-refractivity contribution in [1.82, 2.24) is 0 Å². The topological polar surface area (TPSA) is 103 Å². The summed E-state index contributed by atoms with van der Waals surface area (Å²) in [6.07, 6.45) is 2.95. The maximum Gasteiger partial charge on any atom is 0.262 e. The first kappa shape index (κ1) is 22.4. The van der Waals surface area contributed by atoms with E-state index < -0.39 is 11.7 Å². The van der Waals surface area contributed by atoms with Crippen molar-refractivity contribution in [3.8, 4) is 11.5 Å². The lowest BCUT2D eigenvalue weighted by Gasteiger charge is -2.12. The van der Waals surface area contributed by atoms with Crippen LogP contribution in [0.15, 0.2) is 72.8 Å². The number of nitrogen functional groups attached to an aromatic ring is 1. The third-order valence-corrected chi connectivity index (χ3v) is 4.30. The molecule has 0 radical (unpaired) electrons. The second kappa shape index (κ2) is 10.6. The first-order chi connectivity index (χ1) is 15.4. The molecule has 0 atom stereocenters. The zero-order chi connectivity index (χ0) is 22.9. The van der Waals surface area contributed by atoms with Gasteiger partial charge in [-0.1, -0.05) is 24.3 Å². The average Bonchev–Trinajstić information content (AvgIpc) is 2.78. The zero-order valence-electron chi connectivity index (χ0n) is 17.3. The summed E-state index contributed by atoms with van der Waals surface area (Å²) in [7, 11) is 1.47. The second-order valence-corrected chi connectivity index (χ2v) is 6.67.